The third-order valence-electron chi connectivity index (χ3n) is 3.93. The minimum Gasteiger partial charge on any atom is -0.476 e. The molecule has 0 bridgehead atoms. The van der Waals surface area contributed by atoms with Crippen LogP contribution >= 0.6 is 11.6 Å². The lowest BCUT2D eigenvalue weighted by Crippen LogP contribution is -2.04. The van der Waals surface area contributed by atoms with E-state index >= 15 is 0 Å². The number of carbonyl (C=O) groups is 1. The van der Waals surface area contributed by atoms with Crippen molar-refractivity contribution in [2.75, 3.05) is 5.73 Å². The monoisotopic (exact) mass is 359 g/mol. The van der Waals surface area contributed by atoms with E-state index in [1.807, 2.05) is 0 Å². The minimum absolute atomic E-state index is 0.0892. The maximum atomic E-state index is 13.1. The molecule has 0 atom stereocenters. The fourth-order valence-corrected chi connectivity index (χ4v) is 2.87. The molecule has 1 aromatic heterocycles. The molecule has 0 aliphatic heterocycles. The van der Waals surface area contributed by atoms with E-state index in [1.54, 1.807) is 41.9 Å². The Morgan fingerprint density at radius 3 is 2.56 bits per heavy atom. The van der Waals surface area contributed by atoms with Crippen molar-refractivity contribution in [1.29, 1.82) is 0 Å². The van der Waals surface area contributed by atoms with E-state index in [-0.39, 0.29) is 11.5 Å². The number of nitrogens with zero attached hydrogens (tertiary/aromatic N) is 2. The summed E-state index contributed by atoms with van der Waals surface area (Å²) in [5, 5.41) is 9.99. The first-order chi connectivity index (χ1) is 11.9. The minimum atomic E-state index is -1.15. The molecule has 0 aliphatic carbocycles. The number of benzene rings is 2. The Balaban J connectivity index is 2.10. The van der Waals surface area contributed by atoms with Gasteiger partial charge in [0.15, 0.2) is 5.69 Å². The van der Waals surface area contributed by atoms with E-state index in [4.69, 9.17) is 17.3 Å². The van der Waals surface area contributed by atoms with E-state index in [1.165, 1.54) is 12.1 Å². The molecule has 0 spiro atoms. The predicted molar refractivity (Wildman–Crippen MR) is 94.2 cm³/mol. The van der Waals surface area contributed by atoms with Crippen molar-refractivity contribution in [3.05, 3.63) is 70.4 Å². The zero-order chi connectivity index (χ0) is 18.1. The average molecular weight is 360 g/mol. The lowest BCUT2D eigenvalue weighted by atomic mass is 10.1. The molecule has 0 amide bonds. The number of carboxylic acid groups (broad SMARTS) is 1. The van der Waals surface area contributed by atoms with Crippen molar-refractivity contribution in [1.82, 2.24) is 9.55 Å². The summed E-state index contributed by atoms with van der Waals surface area (Å²) < 4.78 is 14.7. The molecule has 1 heterocycles. The molecule has 0 radical (unpaired) electrons. The van der Waals surface area contributed by atoms with Gasteiger partial charge in [0, 0.05) is 29.7 Å². The lowest BCUT2D eigenvalue weighted by Gasteiger charge is -2.10. The number of rotatable bonds is 4. The normalized spacial score (nSPS) is 10.8. The Morgan fingerprint density at radius 1 is 1.28 bits per heavy atom. The van der Waals surface area contributed by atoms with Crippen LogP contribution in [0.5, 0.6) is 0 Å². The number of aromatic carboxylic acids is 1. The molecule has 2 aromatic carbocycles. The molecular formula is C18H15ClFN3O2. The highest BCUT2D eigenvalue weighted by Gasteiger charge is 2.23. The van der Waals surface area contributed by atoms with E-state index < -0.39 is 5.97 Å². The summed E-state index contributed by atoms with van der Waals surface area (Å²) in [6.07, 6.45) is 0.366. The molecule has 5 nitrogen and oxygen atoms in total. The maximum Gasteiger partial charge on any atom is 0.356 e. The average Bonchev–Trinajstić information content (AvgIpc) is 2.87. The van der Waals surface area contributed by atoms with Crippen molar-refractivity contribution in [2.45, 2.75) is 6.42 Å². The number of hydrogen-bond acceptors (Lipinski definition) is 3. The topological polar surface area (TPSA) is 81.1 Å². The first-order valence-electron chi connectivity index (χ1n) is 7.45. The van der Waals surface area contributed by atoms with Crippen LogP contribution in [0.1, 0.15) is 21.9 Å². The van der Waals surface area contributed by atoms with Gasteiger partial charge in [-0.1, -0.05) is 23.7 Å². The molecule has 0 aliphatic rings. The van der Waals surface area contributed by atoms with Gasteiger partial charge in [0.2, 0.25) is 0 Å². The van der Waals surface area contributed by atoms with Crippen molar-refractivity contribution in [2.24, 2.45) is 7.05 Å². The molecule has 0 saturated carbocycles. The summed E-state index contributed by atoms with van der Waals surface area (Å²) in [6.45, 7) is 0. The number of aromatic nitrogens is 2. The number of hydrogen-bond donors (Lipinski definition) is 2. The molecule has 128 valence electrons. The van der Waals surface area contributed by atoms with Crippen molar-refractivity contribution < 1.29 is 14.3 Å². The van der Waals surface area contributed by atoms with E-state index in [0.717, 1.165) is 5.56 Å². The smallest absolute Gasteiger partial charge is 0.356 e. The summed E-state index contributed by atoms with van der Waals surface area (Å²) in [6, 6.07) is 10.9. The SMILES string of the molecule is Cn1c(Cc2ccc(F)cc2)nc(C(=O)O)c1-c1ccc(Cl)cc1N. The number of nitrogen functional groups attached to an aromatic ring is 1. The highest BCUT2D eigenvalue weighted by atomic mass is 35.5. The zero-order valence-corrected chi connectivity index (χ0v) is 14.1. The lowest BCUT2D eigenvalue weighted by molar-refractivity contribution is 0.0691. The molecule has 25 heavy (non-hydrogen) atoms. The largest absolute Gasteiger partial charge is 0.476 e. The van der Waals surface area contributed by atoms with Crippen LogP contribution < -0.4 is 5.73 Å². The van der Waals surface area contributed by atoms with Gasteiger partial charge in [-0.3, -0.25) is 0 Å². The summed E-state index contributed by atoms with van der Waals surface area (Å²) in [5.41, 5.74) is 8.05. The molecule has 0 fully saturated rings. The van der Waals surface area contributed by atoms with E-state index in [0.29, 0.717) is 34.2 Å². The van der Waals surface area contributed by atoms with Gasteiger partial charge in [-0.05, 0) is 35.9 Å². The standard InChI is InChI=1S/C18H15ClFN3O2/c1-23-15(8-10-2-5-12(20)6-3-10)22-16(18(24)25)17(23)13-7-4-11(19)9-14(13)21/h2-7,9H,8,21H2,1H3,(H,24,25). The van der Waals surface area contributed by atoms with Gasteiger partial charge >= 0.3 is 5.97 Å². The summed E-state index contributed by atoms with van der Waals surface area (Å²) in [7, 11) is 1.72. The Kier molecular flexibility index (Phi) is 4.46. The van der Waals surface area contributed by atoms with Crippen LogP contribution in [-0.2, 0) is 13.5 Å². The Hall–Kier alpha value is -2.86. The van der Waals surface area contributed by atoms with E-state index in [2.05, 4.69) is 4.98 Å². The van der Waals surface area contributed by atoms with Crippen LogP contribution in [0, 0.1) is 5.82 Å². The van der Waals surface area contributed by atoms with Gasteiger partial charge in [0.05, 0.1) is 5.69 Å². The Labute approximate surface area is 148 Å². The van der Waals surface area contributed by atoms with Gasteiger partial charge in [-0.2, -0.15) is 0 Å². The zero-order valence-electron chi connectivity index (χ0n) is 13.3. The van der Waals surface area contributed by atoms with Gasteiger partial charge in [0.25, 0.3) is 0 Å². The van der Waals surface area contributed by atoms with Crippen molar-refractivity contribution in [3.8, 4) is 11.3 Å². The molecule has 7 heteroatoms. The molecule has 3 rings (SSSR count). The second-order valence-electron chi connectivity index (χ2n) is 5.62. The first kappa shape index (κ1) is 17.0. The summed E-state index contributed by atoms with van der Waals surface area (Å²) >= 11 is 5.92. The van der Waals surface area contributed by atoms with Crippen LogP contribution in [0.15, 0.2) is 42.5 Å². The molecular weight excluding hydrogens is 345 g/mol. The van der Waals surface area contributed by atoms with Gasteiger partial charge < -0.3 is 15.4 Å². The Bertz CT molecular complexity index is 952. The summed E-state index contributed by atoms with van der Waals surface area (Å²) in [5.74, 6) is -0.942. The highest BCUT2D eigenvalue weighted by molar-refractivity contribution is 6.31. The van der Waals surface area contributed by atoms with Crippen LogP contribution in [0.25, 0.3) is 11.3 Å². The van der Waals surface area contributed by atoms with Gasteiger partial charge in [-0.25, -0.2) is 14.2 Å². The van der Waals surface area contributed by atoms with E-state index in [9.17, 15) is 14.3 Å². The third kappa shape index (κ3) is 3.34. The van der Waals surface area contributed by atoms with Crippen LogP contribution in [0.2, 0.25) is 5.02 Å². The molecule has 3 aromatic rings. The third-order valence-corrected chi connectivity index (χ3v) is 4.17. The fraction of sp³-hybridized carbons (Fsp3) is 0.111. The quantitative estimate of drug-likeness (QED) is 0.695. The van der Waals surface area contributed by atoms with Crippen LogP contribution in [0.3, 0.4) is 0 Å². The van der Waals surface area contributed by atoms with Crippen molar-refractivity contribution in [3.63, 3.8) is 0 Å². The fourth-order valence-electron chi connectivity index (χ4n) is 2.69. The van der Waals surface area contributed by atoms with Crippen LogP contribution in [-0.4, -0.2) is 20.6 Å². The first-order valence-corrected chi connectivity index (χ1v) is 7.83. The number of nitrogens with two attached hydrogens (primary N) is 1. The maximum absolute atomic E-state index is 13.1. The molecule has 0 unspecified atom stereocenters. The summed E-state index contributed by atoms with van der Waals surface area (Å²) in [4.78, 5) is 15.9. The number of carboxylic acids is 1. The van der Waals surface area contributed by atoms with Crippen molar-refractivity contribution >= 4 is 23.3 Å². The predicted octanol–water partition coefficient (Wildman–Crippen LogP) is 3.75. The number of halogens is 2. The Morgan fingerprint density at radius 2 is 1.96 bits per heavy atom. The number of anilines is 1. The molecule has 0 saturated heterocycles. The van der Waals surface area contributed by atoms with Gasteiger partial charge in [-0.15, -0.1) is 0 Å². The second kappa shape index (κ2) is 6.57. The van der Waals surface area contributed by atoms with Crippen LogP contribution in [0.4, 0.5) is 10.1 Å². The number of imidazole rings is 1. The van der Waals surface area contributed by atoms with Gasteiger partial charge in [0.1, 0.15) is 11.6 Å². The second-order valence-corrected chi connectivity index (χ2v) is 6.06. The molecule has 3 N–H and O–H groups in total. The highest BCUT2D eigenvalue weighted by Crippen LogP contribution is 2.32.